The van der Waals surface area contributed by atoms with Crippen LogP contribution in [0.5, 0.6) is 0 Å². The molecule has 1 aliphatic rings. The lowest BCUT2D eigenvalue weighted by Crippen LogP contribution is -2.25. The minimum Gasteiger partial charge on any atom is -0.480 e. The summed E-state index contributed by atoms with van der Waals surface area (Å²) in [6, 6.07) is -0.728. The lowest BCUT2D eigenvalue weighted by atomic mass is 10.2. The van der Waals surface area contributed by atoms with Gasteiger partial charge in [-0.25, -0.2) is 24.5 Å². The van der Waals surface area contributed by atoms with Gasteiger partial charge in [-0.2, -0.15) is 11.8 Å². The summed E-state index contributed by atoms with van der Waals surface area (Å²) in [7, 11) is 0. The summed E-state index contributed by atoms with van der Waals surface area (Å²) in [5.74, 6) is 0.944. The molecule has 1 saturated heterocycles. The molecule has 1 amide bonds. The monoisotopic (exact) mass is 604 g/mol. The summed E-state index contributed by atoms with van der Waals surface area (Å²) in [6.07, 6.45) is 14.7. The molecule has 3 atom stereocenters. The van der Waals surface area contributed by atoms with Gasteiger partial charge in [0.05, 0.1) is 19.0 Å². The van der Waals surface area contributed by atoms with Crippen molar-refractivity contribution in [2.45, 2.75) is 89.5 Å². The van der Waals surface area contributed by atoms with Gasteiger partial charge in [-0.05, 0) is 82.4 Å². The third-order valence-electron chi connectivity index (χ3n) is 6.66. The molecule has 42 heavy (non-hydrogen) atoms. The van der Waals surface area contributed by atoms with E-state index in [1.54, 1.807) is 24.3 Å². The van der Waals surface area contributed by atoms with Gasteiger partial charge in [0.15, 0.2) is 11.5 Å². The van der Waals surface area contributed by atoms with Crippen molar-refractivity contribution < 1.29 is 24.2 Å². The molecule has 1 aliphatic heterocycles. The van der Waals surface area contributed by atoms with Gasteiger partial charge < -0.3 is 25.6 Å². The van der Waals surface area contributed by atoms with Gasteiger partial charge >= 0.3 is 12.1 Å². The Morgan fingerprint density at radius 3 is 2.93 bits per heavy atom. The van der Waals surface area contributed by atoms with Crippen LogP contribution in [0, 0.1) is 0 Å². The number of thioether (sulfide) groups is 1. The average Bonchev–Trinajstić information content (AvgIpc) is 3.63. The number of nitrogen functional groups attached to an aromatic ring is 1. The number of alkyl carbamates (subject to hydrolysis) is 1. The van der Waals surface area contributed by atoms with Gasteiger partial charge in [-0.3, -0.25) is 14.6 Å². The molecule has 3 heterocycles. The third-order valence-corrected chi connectivity index (χ3v) is 7.79. The van der Waals surface area contributed by atoms with Crippen LogP contribution in [0.2, 0.25) is 0 Å². The van der Waals surface area contributed by atoms with Crippen LogP contribution in [0.1, 0.15) is 77.4 Å². The summed E-state index contributed by atoms with van der Waals surface area (Å²) < 4.78 is 13.1. The highest BCUT2D eigenvalue weighted by Crippen LogP contribution is 2.32. The van der Waals surface area contributed by atoms with Crippen molar-refractivity contribution in [3.05, 3.63) is 12.7 Å². The number of imidazole rings is 1. The zero-order valence-corrected chi connectivity index (χ0v) is 25.2. The summed E-state index contributed by atoms with van der Waals surface area (Å²) in [5, 5.41) is 12.3. The SMILES string of the molecule is CCCOC(=O)NCCCCCN=CCCCC=N[C@@H](CCSC[C@@H]1CC[C@H](n2cnc3c(N)ncnc32)O1)C(=O)O. The van der Waals surface area contributed by atoms with E-state index in [1.165, 1.54) is 6.33 Å². The van der Waals surface area contributed by atoms with E-state index in [1.807, 2.05) is 17.7 Å². The zero-order valence-electron chi connectivity index (χ0n) is 24.4. The first-order valence-electron chi connectivity index (χ1n) is 14.8. The van der Waals surface area contributed by atoms with Crippen LogP contribution in [-0.4, -0.2) is 92.5 Å². The maximum atomic E-state index is 11.6. The second kappa shape index (κ2) is 19.0. The van der Waals surface area contributed by atoms with Crippen LogP contribution >= 0.6 is 11.8 Å². The van der Waals surface area contributed by atoms with Crippen LogP contribution in [0.15, 0.2) is 22.6 Å². The van der Waals surface area contributed by atoms with Crippen LogP contribution in [0.3, 0.4) is 0 Å². The number of carbonyl (C=O) groups excluding carboxylic acids is 1. The molecule has 2 aromatic heterocycles. The van der Waals surface area contributed by atoms with Crippen molar-refractivity contribution >= 4 is 53.2 Å². The van der Waals surface area contributed by atoms with Crippen molar-refractivity contribution in [3.8, 4) is 0 Å². The number of nitrogens with one attached hydrogen (secondary N) is 1. The van der Waals surface area contributed by atoms with E-state index in [4.69, 9.17) is 15.2 Å². The molecule has 0 unspecified atom stereocenters. The summed E-state index contributed by atoms with van der Waals surface area (Å²) in [4.78, 5) is 44.3. The van der Waals surface area contributed by atoms with Gasteiger partial charge in [0.1, 0.15) is 24.1 Å². The first-order valence-corrected chi connectivity index (χ1v) is 15.9. The maximum Gasteiger partial charge on any atom is 0.407 e. The largest absolute Gasteiger partial charge is 0.480 e. The van der Waals surface area contributed by atoms with Crippen molar-refractivity contribution in [2.24, 2.45) is 9.98 Å². The Morgan fingerprint density at radius 2 is 2.10 bits per heavy atom. The summed E-state index contributed by atoms with van der Waals surface area (Å²) >= 11 is 1.69. The molecule has 0 spiro atoms. The summed E-state index contributed by atoms with van der Waals surface area (Å²) in [5.41, 5.74) is 7.12. The highest BCUT2D eigenvalue weighted by Gasteiger charge is 2.28. The van der Waals surface area contributed by atoms with Crippen molar-refractivity contribution in [1.29, 1.82) is 0 Å². The van der Waals surface area contributed by atoms with Crippen LogP contribution in [0.25, 0.3) is 11.2 Å². The average molecular weight is 605 g/mol. The fourth-order valence-corrected chi connectivity index (χ4v) is 5.46. The lowest BCUT2D eigenvalue weighted by Gasteiger charge is -2.15. The van der Waals surface area contributed by atoms with Crippen LogP contribution in [0.4, 0.5) is 10.6 Å². The van der Waals surface area contributed by atoms with Gasteiger partial charge in [-0.1, -0.05) is 6.92 Å². The number of nitrogens with zero attached hydrogens (tertiary/aromatic N) is 6. The smallest absolute Gasteiger partial charge is 0.407 e. The van der Waals surface area contributed by atoms with Gasteiger partial charge in [0.2, 0.25) is 0 Å². The lowest BCUT2D eigenvalue weighted by molar-refractivity contribution is -0.138. The Bertz CT molecular complexity index is 1160. The van der Waals surface area contributed by atoms with Crippen molar-refractivity contribution in [1.82, 2.24) is 24.8 Å². The fourth-order valence-electron chi connectivity index (χ4n) is 4.39. The molecule has 3 rings (SSSR count). The number of hydrogen-bond acceptors (Lipinski definition) is 11. The minimum atomic E-state index is -0.896. The van der Waals surface area contributed by atoms with Crippen LogP contribution < -0.4 is 11.1 Å². The number of hydrogen-bond donors (Lipinski definition) is 3. The molecule has 0 aromatic carbocycles. The Hall–Kier alpha value is -3.26. The predicted molar refractivity (Wildman–Crippen MR) is 165 cm³/mol. The summed E-state index contributed by atoms with van der Waals surface area (Å²) in [6.45, 7) is 3.80. The van der Waals surface area contributed by atoms with E-state index in [2.05, 4.69) is 30.3 Å². The first kappa shape index (κ1) is 33.2. The molecule has 2 aromatic rings. The number of unbranched alkanes of at least 4 members (excludes halogenated alkanes) is 4. The number of carboxylic acids is 1. The highest BCUT2D eigenvalue weighted by molar-refractivity contribution is 7.99. The van der Waals surface area contributed by atoms with E-state index in [9.17, 15) is 14.7 Å². The number of carbonyl (C=O) groups is 2. The molecular formula is C28H44N8O5S. The standard InChI is InChI=1S/C28H44N8O5S/c1-2-16-40-28(39)32-15-8-4-6-13-30-12-5-3-7-14-31-22(27(37)38)11-17-42-18-21-9-10-23(41-21)36-20-35-24-25(29)33-19-34-26(24)36/h12,14,19-23H,2-11,13,15-18H2,1H3,(H,32,39)(H,37,38)(H2,29,33,34)/t21-,22-,23+/m0/s1. The quantitative estimate of drug-likeness (QED) is 0.146. The molecule has 13 nitrogen and oxygen atoms in total. The number of aliphatic imine (C=N–C) groups is 2. The van der Waals surface area contributed by atoms with Gasteiger partial charge in [-0.15, -0.1) is 0 Å². The Kier molecular flexibility index (Phi) is 15.1. The molecular weight excluding hydrogens is 560 g/mol. The van der Waals surface area contributed by atoms with Crippen molar-refractivity contribution in [2.75, 3.05) is 36.9 Å². The Labute approximate surface area is 251 Å². The predicted octanol–water partition coefficient (Wildman–Crippen LogP) is 4.28. The van der Waals surface area contributed by atoms with Gasteiger partial charge in [0, 0.05) is 18.8 Å². The number of rotatable bonds is 20. The number of aliphatic carboxylic acids is 1. The second-order valence-corrected chi connectivity index (χ2v) is 11.2. The molecule has 232 valence electrons. The minimum absolute atomic E-state index is 0.0863. The van der Waals surface area contributed by atoms with E-state index in [-0.39, 0.29) is 18.4 Å². The molecule has 0 aliphatic carbocycles. The Morgan fingerprint density at radius 1 is 1.24 bits per heavy atom. The number of nitrogens with two attached hydrogens (primary N) is 1. The van der Waals surface area contributed by atoms with E-state index in [0.29, 0.717) is 42.3 Å². The number of carboxylic acid groups (broad SMARTS) is 1. The molecule has 14 heteroatoms. The topological polar surface area (TPSA) is 179 Å². The highest BCUT2D eigenvalue weighted by atomic mass is 32.2. The van der Waals surface area contributed by atoms with E-state index in [0.717, 1.165) is 70.1 Å². The molecule has 0 bridgehead atoms. The van der Waals surface area contributed by atoms with E-state index < -0.39 is 12.0 Å². The Balaban J connectivity index is 1.21. The first-order chi connectivity index (χ1) is 20.5. The third kappa shape index (κ3) is 11.6. The molecule has 1 fully saturated rings. The fraction of sp³-hybridized carbons (Fsp3) is 0.679. The molecule has 0 saturated carbocycles. The van der Waals surface area contributed by atoms with Crippen LogP contribution in [-0.2, 0) is 14.3 Å². The van der Waals surface area contributed by atoms with Crippen molar-refractivity contribution in [3.63, 3.8) is 0 Å². The van der Waals surface area contributed by atoms with Gasteiger partial charge in [0.25, 0.3) is 0 Å². The molecule has 4 N–H and O–H groups in total. The number of aromatic nitrogens is 4. The second-order valence-electron chi connectivity index (χ2n) is 10.1. The number of ether oxygens (including phenoxy) is 2. The molecule has 0 radical (unpaired) electrons. The maximum absolute atomic E-state index is 11.6. The number of amides is 1. The zero-order chi connectivity index (χ0) is 30.0. The number of fused-ring (bicyclic) bond motifs is 1. The number of anilines is 1. The normalized spacial score (nSPS) is 17.8. The van der Waals surface area contributed by atoms with E-state index >= 15 is 0 Å².